The van der Waals surface area contributed by atoms with Gasteiger partial charge in [-0.3, -0.25) is 4.79 Å². The summed E-state index contributed by atoms with van der Waals surface area (Å²) in [5.41, 5.74) is 2.22. The number of rotatable bonds is 8. The zero-order chi connectivity index (χ0) is 20.6. The summed E-state index contributed by atoms with van der Waals surface area (Å²) in [4.78, 5) is 24.5. The molecule has 0 heterocycles. The third-order valence-electron chi connectivity index (χ3n) is 4.67. The van der Waals surface area contributed by atoms with Crippen molar-refractivity contribution in [3.05, 3.63) is 64.7 Å². The highest BCUT2D eigenvalue weighted by atomic mass is 35.5. The molecule has 0 fully saturated rings. The zero-order valence-corrected chi connectivity index (χ0v) is 17.4. The van der Waals surface area contributed by atoms with Gasteiger partial charge in [0.15, 0.2) is 0 Å². The van der Waals surface area contributed by atoms with Crippen LogP contribution in [0.25, 0.3) is 0 Å². The van der Waals surface area contributed by atoms with E-state index in [0.29, 0.717) is 24.5 Å². The first kappa shape index (κ1) is 21.8. The molecule has 0 unspecified atom stereocenters. The molecule has 2 aromatic carbocycles. The first-order chi connectivity index (χ1) is 13.3. The van der Waals surface area contributed by atoms with Crippen LogP contribution in [0, 0.1) is 5.41 Å². The smallest absolute Gasteiger partial charge is 0.319 e. The Kier molecular flexibility index (Phi) is 7.88. The molecular weight excluding hydrogens is 374 g/mol. The van der Waals surface area contributed by atoms with Gasteiger partial charge in [0.2, 0.25) is 5.91 Å². The number of benzene rings is 2. The lowest BCUT2D eigenvalue weighted by atomic mass is 9.88. The van der Waals surface area contributed by atoms with Crippen LogP contribution in [0.3, 0.4) is 0 Å². The molecule has 0 bridgehead atoms. The van der Waals surface area contributed by atoms with Crippen LogP contribution >= 0.6 is 11.6 Å². The number of carbonyl (C=O) groups excluding carboxylic acids is 2. The second-order valence-corrected chi connectivity index (χ2v) is 7.75. The lowest BCUT2D eigenvalue weighted by Crippen LogP contribution is -2.40. The molecular formula is C22H28ClN3O2. The highest BCUT2D eigenvalue weighted by Crippen LogP contribution is 2.21. The third kappa shape index (κ3) is 6.57. The molecule has 0 radical (unpaired) electrons. The largest absolute Gasteiger partial charge is 0.352 e. The summed E-state index contributed by atoms with van der Waals surface area (Å²) in [7, 11) is 0. The monoisotopic (exact) mass is 401 g/mol. The van der Waals surface area contributed by atoms with Gasteiger partial charge in [-0.2, -0.15) is 0 Å². The van der Waals surface area contributed by atoms with E-state index in [-0.39, 0.29) is 11.9 Å². The van der Waals surface area contributed by atoms with E-state index in [1.807, 2.05) is 56.3 Å². The Hall–Kier alpha value is -2.53. The van der Waals surface area contributed by atoms with Crippen LogP contribution in [-0.2, 0) is 17.8 Å². The van der Waals surface area contributed by atoms with E-state index in [0.717, 1.165) is 17.7 Å². The predicted octanol–water partition coefficient (Wildman–Crippen LogP) is 4.76. The predicted molar refractivity (Wildman–Crippen MR) is 115 cm³/mol. The second kappa shape index (κ2) is 10.1. The summed E-state index contributed by atoms with van der Waals surface area (Å²) >= 11 is 6.12. The Morgan fingerprint density at radius 3 is 2.32 bits per heavy atom. The number of nitrogens with one attached hydrogen (secondary N) is 3. The van der Waals surface area contributed by atoms with Crippen molar-refractivity contribution in [1.29, 1.82) is 0 Å². The second-order valence-electron chi connectivity index (χ2n) is 7.34. The van der Waals surface area contributed by atoms with Gasteiger partial charge < -0.3 is 16.0 Å². The van der Waals surface area contributed by atoms with Crippen LogP contribution in [0.2, 0.25) is 5.02 Å². The molecule has 3 amide bonds. The quantitative estimate of drug-likeness (QED) is 0.597. The van der Waals surface area contributed by atoms with Crippen molar-refractivity contribution in [2.75, 3.05) is 11.9 Å². The number of amides is 3. The molecule has 0 aliphatic heterocycles. The van der Waals surface area contributed by atoms with Crippen LogP contribution in [0.1, 0.15) is 38.3 Å². The molecule has 6 heteroatoms. The van der Waals surface area contributed by atoms with Crippen molar-refractivity contribution >= 4 is 29.2 Å². The van der Waals surface area contributed by atoms with Gasteiger partial charge >= 0.3 is 6.03 Å². The molecule has 0 aliphatic carbocycles. The van der Waals surface area contributed by atoms with Gasteiger partial charge in [-0.1, -0.05) is 62.7 Å². The molecule has 0 spiro atoms. The van der Waals surface area contributed by atoms with Gasteiger partial charge in [-0.25, -0.2) is 4.79 Å². The number of anilines is 1. The molecule has 3 N–H and O–H groups in total. The van der Waals surface area contributed by atoms with Crippen LogP contribution in [0.4, 0.5) is 10.5 Å². The summed E-state index contributed by atoms with van der Waals surface area (Å²) in [6.45, 7) is 6.58. The molecule has 0 atom stereocenters. The number of aryl methyl sites for hydroxylation is 1. The standard InChI is InChI=1S/C22H28ClN3O2/c1-4-16-9-11-18(12-10-16)26-21(28)24-14-13-22(2,3)20(27)25-15-17-7-5-6-8-19(17)23/h5-12H,4,13-15H2,1-3H3,(H,25,27)(H2,24,26,28). The Morgan fingerprint density at radius 1 is 1.00 bits per heavy atom. The van der Waals surface area contributed by atoms with Crippen LogP contribution in [-0.4, -0.2) is 18.5 Å². The van der Waals surface area contributed by atoms with E-state index in [1.165, 1.54) is 5.56 Å². The minimum absolute atomic E-state index is 0.0789. The average molecular weight is 402 g/mol. The van der Waals surface area contributed by atoms with Crippen molar-refractivity contribution in [3.8, 4) is 0 Å². The number of urea groups is 1. The SMILES string of the molecule is CCc1ccc(NC(=O)NCCC(C)(C)C(=O)NCc2ccccc2Cl)cc1. The van der Waals surface area contributed by atoms with Crippen LogP contribution < -0.4 is 16.0 Å². The number of halogens is 1. The van der Waals surface area contributed by atoms with Crippen molar-refractivity contribution < 1.29 is 9.59 Å². The summed E-state index contributed by atoms with van der Waals surface area (Å²) in [5.74, 6) is -0.0789. The summed E-state index contributed by atoms with van der Waals surface area (Å²) < 4.78 is 0. The Labute approximate surface area is 171 Å². The summed E-state index contributed by atoms with van der Waals surface area (Å²) in [6, 6.07) is 14.9. The van der Waals surface area contributed by atoms with E-state index in [2.05, 4.69) is 22.9 Å². The molecule has 0 aromatic heterocycles. The zero-order valence-electron chi connectivity index (χ0n) is 16.6. The van der Waals surface area contributed by atoms with E-state index in [1.54, 1.807) is 6.07 Å². The maximum absolute atomic E-state index is 12.5. The minimum Gasteiger partial charge on any atom is -0.352 e. The molecule has 28 heavy (non-hydrogen) atoms. The highest BCUT2D eigenvalue weighted by Gasteiger charge is 2.27. The summed E-state index contributed by atoms with van der Waals surface area (Å²) in [6.07, 6.45) is 1.48. The Bertz CT molecular complexity index is 804. The lowest BCUT2D eigenvalue weighted by Gasteiger charge is -2.24. The fourth-order valence-electron chi connectivity index (χ4n) is 2.66. The topological polar surface area (TPSA) is 70.2 Å². The van der Waals surface area contributed by atoms with Gasteiger partial charge in [0.05, 0.1) is 0 Å². The maximum Gasteiger partial charge on any atom is 0.319 e. The average Bonchev–Trinajstić information content (AvgIpc) is 2.67. The first-order valence-electron chi connectivity index (χ1n) is 9.47. The van der Waals surface area contributed by atoms with Gasteiger partial charge in [0.1, 0.15) is 0 Å². The van der Waals surface area contributed by atoms with Crippen LogP contribution in [0.15, 0.2) is 48.5 Å². The van der Waals surface area contributed by atoms with Crippen molar-refractivity contribution in [1.82, 2.24) is 10.6 Å². The first-order valence-corrected chi connectivity index (χ1v) is 9.85. The van der Waals surface area contributed by atoms with E-state index < -0.39 is 5.41 Å². The fraction of sp³-hybridized carbons (Fsp3) is 0.364. The highest BCUT2D eigenvalue weighted by molar-refractivity contribution is 6.31. The van der Waals surface area contributed by atoms with Gasteiger partial charge in [0.25, 0.3) is 0 Å². The molecule has 5 nitrogen and oxygen atoms in total. The maximum atomic E-state index is 12.5. The van der Waals surface area contributed by atoms with E-state index >= 15 is 0 Å². The molecule has 0 saturated carbocycles. The number of hydrogen-bond donors (Lipinski definition) is 3. The van der Waals surface area contributed by atoms with Crippen molar-refractivity contribution in [2.45, 2.75) is 40.2 Å². The number of hydrogen-bond acceptors (Lipinski definition) is 2. The number of carbonyl (C=O) groups is 2. The van der Waals surface area contributed by atoms with Crippen molar-refractivity contribution in [3.63, 3.8) is 0 Å². The molecule has 150 valence electrons. The minimum atomic E-state index is -0.614. The normalized spacial score (nSPS) is 11.0. The van der Waals surface area contributed by atoms with Gasteiger partial charge in [-0.15, -0.1) is 0 Å². The van der Waals surface area contributed by atoms with E-state index in [9.17, 15) is 9.59 Å². The molecule has 0 saturated heterocycles. The molecule has 2 rings (SSSR count). The van der Waals surface area contributed by atoms with Crippen molar-refractivity contribution in [2.24, 2.45) is 5.41 Å². The van der Waals surface area contributed by atoms with Gasteiger partial charge in [-0.05, 0) is 42.2 Å². The third-order valence-corrected chi connectivity index (χ3v) is 5.04. The van der Waals surface area contributed by atoms with Crippen LogP contribution in [0.5, 0.6) is 0 Å². The fourth-order valence-corrected chi connectivity index (χ4v) is 2.86. The summed E-state index contributed by atoms with van der Waals surface area (Å²) in [5, 5.41) is 9.15. The Balaban J connectivity index is 1.75. The molecule has 2 aromatic rings. The van der Waals surface area contributed by atoms with E-state index in [4.69, 9.17) is 11.6 Å². The van der Waals surface area contributed by atoms with Gasteiger partial charge in [0, 0.05) is 29.2 Å². The molecule has 0 aliphatic rings. The lowest BCUT2D eigenvalue weighted by molar-refractivity contribution is -0.129. The Morgan fingerprint density at radius 2 is 1.68 bits per heavy atom.